The molecule has 0 spiro atoms. The maximum Gasteiger partial charge on any atom is 0.331 e. The van der Waals surface area contributed by atoms with Crippen molar-refractivity contribution in [3.8, 4) is 0 Å². The molecule has 0 bridgehead atoms. The number of unbranched alkanes of at least 4 members (excludes halogenated alkanes) is 12. The smallest absolute Gasteiger partial charge is 0.331 e. The number of hydrogen-bond donors (Lipinski definition) is 2. The van der Waals surface area contributed by atoms with Gasteiger partial charge in [0.25, 0.3) is 0 Å². The summed E-state index contributed by atoms with van der Waals surface area (Å²) in [6.07, 6.45) is 19.8. The molecule has 0 rings (SSSR count). The van der Waals surface area contributed by atoms with Gasteiger partial charge >= 0.3 is 11.9 Å². The van der Waals surface area contributed by atoms with Crippen LogP contribution in [0.3, 0.4) is 0 Å². The lowest BCUT2D eigenvalue weighted by Gasteiger charge is -2.02. The fourth-order valence-corrected chi connectivity index (χ4v) is 2.86. The summed E-state index contributed by atoms with van der Waals surface area (Å²) in [6.45, 7) is 3.48. The molecule has 0 atom stereocenters. The van der Waals surface area contributed by atoms with Crippen molar-refractivity contribution in [3.05, 3.63) is 23.3 Å². The first kappa shape index (κ1) is 24.4. The second-order valence-corrected chi connectivity index (χ2v) is 7.19. The number of hydrogen-bond acceptors (Lipinski definition) is 2. The quantitative estimate of drug-likeness (QED) is 0.175. The van der Waals surface area contributed by atoms with Gasteiger partial charge in [0.05, 0.1) is 0 Å². The van der Waals surface area contributed by atoms with E-state index in [0.717, 1.165) is 24.8 Å². The molecule has 0 aliphatic heterocycles. The highest BCUT2D eigenvalue weighted by Crippen LogP contribution is 2.13. The highest BCUT2D eigenvalue weighted by Gasteiger charge is 2.01. The van der Waals surface area contributed by atoms with Gasteiger partial charge in [0, 0.05) is 12.0 Å². The highest BCUT2D eigenvalue weighted by atomic mass is 16.4. The molecule has 4 nitrogen and oxygen atoms in total. The molecule has 150 valence electrons. The van der Waals surface area contributed by atoms with Gasteiger partial charge in [-0.15, -0.1) is 0 Å². The van der Waals surface area contributed by atoms with Crippen molar-refractivity contribution < 1.29 is 19.8 Å². The van der Waals surface area contributed by atoms with Gasteiger partial charge in [-0.3, -0.25) is 4.79 Å². The van der Waals surface area contributed by atoms with Crippen molar-refractivity contribution in [2.24, 2.45) is 0 Å². The van der Waals surface area contributed by atoms with E-state index in [9.17, 15) is 9.59 Å². The van der Waals surface area contributed by atoms with Crippen molar-refractivity contribution in [1.29, 1.82) is 0 Å². The Bertz CT molecular complexity index is 449. The van der Waals surface area contributed by atoms with Crippen molar-refractivity contribution in [1.82, 2.24) is 0 Å². The van der Waals surface area contributed by atoms with Crippen molar-refractivity contribution in [2.45, 2.75) is 104 Å². The van der Waals surface area contributed by atoms with Gasteiger partial charge < -0.3 is 10.2 Å². The molecule has 0 aromatic heterocycles. The third-order valence-electron chi connectivity index (χ3n) is 4.79. The Hall–Kier alpha value is -1.58. The van der Waals surface area contributed by atoms with Crippen LogP contribution in [0.5, 0.6) is 0 Å². The number of rotatable bonds is 17. The van der Waals surface area contributed by atoms with Gasteiger partial charge in [0.15, 0.2) is 0 Å². The van der Waals surface area contributed by atoms with E-state index in [1.54, 1.807) is 6.92 Å². The molecule has 0 saturated heterocycles. The summed E-state index contributed by atoms with van der Waals surface area (Å²) in [5, 5.41) is 17.4. The zero-order valence-electron chi connectivity index (χ0n) is 16.8. The van der Waals surface area contributed by atoms with Gasteiger partial charge in [-0.25, -0.2) is 4.79 Å². The third kappa shape index (κ3) is 15.9. The fourth-order valence-electron chi connectivity index (χ4n) is 2.86. The first-order chi connectivity index (χ1) is 12.4. The standard InChI is InChI=1S/C22H38O4/c1-19(20(2)22(25)26)17-15-13-11-9-7-5-3-4-6-8-10-12-14-16-18-21(23)24/h15,17H,3-14,16,18H2,1-2H3,(H,23,24)(H,25,26). The van der Waals surface area contributed by atoms with Crippen LogP contribution < -0.4 is 0 Å². The monoisotopic (exact) mass is 366 g/mol. The normalized spacial score (nSPS) is 12.4. The fraction of sp³-hybridized carbons (Fsp3) is 0.727. The minimum absolute atomic E-state index is 0.314. The molecule has 0 heterocycles. The van der Waals surface area contributed by atoms with Crippen molar-refractivity contribution in [2.75, 3.05) is 0 Å². The van der Waals surface area contributed by atoms with E-state index in [1.807, 2.05) is 13.0 Å². The summed E-state index contributed by atoms with van der Waals surface area (Å²) in [4.78, 5) is 21.2. The number of carbonyl (C=O) groups is 2. The molecule has 26 heavy (non-hydrogen) atoms. The third-order valence-corrected chi connectivity index (χ3v) is 4.79. The van der Waals surface area contributed by atoms with E-state index in [2.05, 4.69) is 6.08 Å². The molecule has 0 fully saturated rings. The van der Waals surface area contributed by atoms with Crippen molar-refractivity contribution >= 4 is 11.9 Å². The minimum Gasteiger partial charge on any atom is -0.481 e. The summed E-state index contributed by atoms with van der Waals surface area (Å²) in [6, 6.07) is 0. The maximum absolute atomic E-state index is 10.8. The molecular formula is C22H38O4. The van der Waals surface area contributed by atoms with E-state index in [0.29, 0.717) is 12.0 Å². The molecule has 0 aromatic rings. The molecule has 4 heteroatoms. The summed E-state index contributed by atoms with van der Waals surface area (Å²) >= 11 is 0. The average molecular weight is 367 g/mol. The molecule has 0 radical (unpaired) electrons. The van der Waals surface area contributed by atoms with Crippen molar-refractivity contribution in [3.63, 3.8) is 0 Å². The SMILES string of the molecule is CC(C=CCCCCCCCCCCCCCCC(=O)O)=C(C)C(=O)O. The lowest BCUT2D eigenvalue weighted by atomic mass is 10.0. The molecule has 0 aliphatic carbocycles. The zero-order valence-corrected chi connectivity index (χ0v) is 16.8. The van der Waals surface area contributed by atoms with Crippen LogP contribution >= 0.6 is 0 Å². The summed E-state index contributed by atoms with van der Waals surface area (Å²) in [5.41, 5.74) is 1.25. The lowest BCUT2D eigenvalue weighted by Crippen LogP contribution is -1.97. The highest BCUT2D eigenvalue weighted by molar-refractivity contribution is 5.87. The predicted octanol–water partition coefficient (Wildman–Crippen LogP) is 6.51. The second-order valence-electron chi connectivity index (χ2n) is 7.19. The number of carboxylic acid groups (broad SMARTS) is 2. The number of carboxylic acids is 2. The van der Waals surface area contributed by atoms with E-state index >= 15 is 0 Å². The first-order valence-electron chi connectivity index (χ1n) is 10.2. The van der Waals surface area contributed by atoms with Crippen LogP contribution in [0.15, 0.2) is 23.3 Å². The van der Waals surface area contributed by atoms with Crippen LogP contribution in [0, 0.1) is 0 Å². The molecule has 0 unspecified atom stereocenters. The Morgan fingerprint density at radius 3 is 1.54 bits per heavy atom. The summed E-state index contributed by atoms with van der Waals surface area (Å²) in [7, 11) is 0. The number of aliphatic carboxylic acids is 2. The summed E-state index contributed by atoms with van der Waals surface area (Å²) < 4.78 is 0. The number of allylic oxidation sites excluding steroid dienone is 3. The first-order valence-corrected chi connectivity index (χ1v) is 10.2. The van der Waals surface area contributed by atoms with Gasteiger partial charge in [0.2, 0.25) is 0 Å². The van der Waals surface area contributed by atoms with E-state index in [1.165, 1.54) is 64.2 Å². The summed E-state index contributed by atoms with van der Waals surface area (Å²) in [5.74, 6) is -1.52. The second kappa shape index (κ2) is 16.9. The van der Waals surface area contributed by atoms with Crippen LogP contribution in [0.25, 0.3) is 0 Å². The lowest BCUT2D eigenvalue weighted by molar-refractivity contribution is -0.137. The molecule has 0 aliphatic rings. The van der Waals surface area contributed by atoms with E-state index in [-0.39, 0.29) is 0 Å². The van der Waals surface area contributed by atoms with Crippen LogP contribution in [0.4, 0.5) is 0 Å². The van der Waals surface area contributed by atoms with Crippen LogP contribution in [0.2, 0.25) is 0 Å². The average Bonchev–Trinajstić information content (AvgIpc) is 2.60. The molecular weight excluding hydrogens is 328 g/mol. The maximum atomic E-state index is 10.8. The van der Waals surface area contributed by atoms with Crippen LogP contribution in [-0.2, 0) is 9.59 Å². The molecule has 0 amide bonds. The van der Waals surface area contributed by atoms with Gasteiger partial charge in [-0.2, -0.15) is 0 Å². The van der Waals surface area contributed by atoms with E-state index in [4.69, 9.17) is 10.2 Å². The van der Waals surface area contributed by atoms with Gasteiger partial charge in [0.1, 0.15) is 0 Å². The Balaban J connectivity index is 3.33. The van der Waals surface area contributed by atoms with Crippen LogP contribution in [0.1, 0.15) is 104 Å². The van der Waals surface area contributed by atoms with E-state index < -0.39 is 11.9 Å². The molecule has 0 saturated carbocycles. The minimum atomic E-state index is -0.842. The Morgan fingerprint density at radius 1 is 0.692 bits per heavy atom. The Labute approximate surface area is 159 Å². The molecule has 2 N–H and O–H groups in total. The van der Waals surface area contributed by atoms with Gasteiger partial charge in [-0.1, -0.05) is 76.4 Å². The van der Waals surface area contributed by atoms with Crippen LogP contribution in [-0.4, -0.2) is 22.2 Å². The molecule has 0 aromatic carbocycles. The largest absolute Gasteiger partial charge is 0.481 e. The Kier molecular flexibility index (Phi) is 15.8. The Morgan fingerprint density at radius 2 is 1.12 bits per heavy atom. The van der Waals surface area contributed by atoms with Gasteiger partial charge in [-0.05, 0) is 38.7 Å². The zero-order chi connectivity index (χ0) is 19.6. The topological polar surface area (TPSA) is 74.6 Å². The predicted molar refractivity (Wildman–Crippen MR) is 107 cm³/mol.